The first-order valence-corrected chi connectivity index (χ1v) is 8.40. The number of halogens is 3. The van der Waals surface area contributed by atoms with E-state index in [4.69, 9.17) is 0 Å². The van der Waals surface area contributed by atoms with Crippen molar-refractivity contribution in [2.24, 2.45) is 10.8 Å². The lowest BCUT2D eigenvalue weighted by molar-refractivity contribution is -0.190. The average molecular weight is 328 g/mol. The zero-order valence-electron chi connectivity index (χ0n) is 11.5. The second kappa shape index (κ2) is 4.79. The molecule has 2 aliphatic heterocycles. The summed E-state index contributed by atoms with van der Waals surface area (Å²) in [6, 6.07) is 0. The first kappa shape index (κ1) is 15.5. The maximum absolute atomic E-state index is 13.2. The van der Waals surface area contributed by atoms with Gasteiger partial charge >= 0.3 is 6.18 Å². The van der Waals surface area contributed by atoms with Crippen LogP contribution in [0.1, 0.15) is 6.42 Å². The van der Waals surface area contributed by atoms with Crippen molar-refractivity contribution in [1.29, 1.82) is 0 Å². The largest absolute Gasteiger partial charge is 0.396 e. The molecule has 2 saturated heterocycles. The van der Waals surface area contributed by atoms with E-state index in [1.807, 2.05) is 0 Å². The molecule has 122 valence electrons. The lowest BCUT2D eigenvalue weighted by atomic mass is 9.96. The smallest absolute Gasteiger partial charge is 0.315 e. The van der Waals surface area contributed by atoms with Crippen LogP contribution in [0.15, 0.2) is 0 Å². The number of nitrogens with one attached hydrogen (secondary N) is 3. The van der Waals surface area contributed by atoms with E-state index in [-0.39, 0.29) is 26.1 Å². The minimum absolute atomic E-state index is 0.000571. The van der Waals surface area contributed by atoms with Gasteiger partial charge < -0.3 is 10.6 Å². The van der Waals surface area contributed by atoms with Gasteiger partial charge in [0, 0.05) is 51.2 Å². The van der Waals surface area contributed by atoms with Gasteiger partial charge in [-0.25, -0.2) is 4.72 Å². The van der Waals surface area contributed by atoms with Crippen molar-refractivity contribution in [2.45, 2.75) is 12.6 Å². The highest BCUT2D eigenvalue weighted by Gasteiger charge is 2.81. The number of rotatable bonds is 4. The molecule has 10 heteroatoms. The van der Waals surface area contributed by atoms with Gasteiger partial charge in [-0.05, 0) is 6.42 Å². The van der Waals surface area contributed by atoms with E-state index >= 15 is 0 Å². The summed E-state index contributed by atoms with van der Waals surface area (Å²) in [5, 5.41) is 5.78. The van der Waals surface area contributed by atoms with Crippen LogP contribution < -0.4 is 15.4 Å². The molecule has 2 atom stereocenters. The molecule has 0 radical (unpaired) electrons. The van der Waals surface area contributed by atoms with Crippen molar-refractivity contribution in [3.8, 4) is 0 Å². The quantitative estimate of drug-likeness (QED) is 0.636. The first-order valence-electron chi connectivity index (χ1n) is 6.95. The van der Waals surface area contributed by atoms with E-state index < -0.39 is 27.2 Å². The summed E-state index contributed by atoms with van der Waals surface area (Å²) in [6.45, 7) is 1.71. The fourth-order valence-corrected chi connectivity index (χ4v) is 4.84. The Bertz CT molecular complexity index is 520. The fourth-order valence-electron chi connectivity index (χ4n) is 3.53. The monoisotopic (exact) mass is 328 g/mol. The zero-order chi connectivity index (χ0) is 15.4. The second-order valence-electron chi connectivity index (χ2n) is 6.12. The van der Waals surface area contributed by atoms with Crippen molar-refractivity contribution >= 4 is 10.2 Å². The lowest BCUT2D eigenvalue weighted by Gasteiger charge is -2.28. The lowest BCUT2D eigenvalue weighted by Crippen LogP contribution is -2.51. The number of piperazine rings is 1. The van der Waals surface area contributed by atoms with Gasteiger partial charge in [-0.1, -0.05) is 0 Å². The number of hydrogen-bond donors (Lipinski definition) is 3. The van der Waals surface area contributed by atoms with Crippen molar-refractivity contribution < 1.29 is 21.6 Å². The van der Waals surface area contributed by atoms with Crippen LogP contribution in [-0.4, -0.2) is 64.7 Å². The van der Waals surface area contributed by atoms with Crippen LogP contribution in [0.3, 0.4) is 0 Å². The van der Waals surface area contributed by atoms with E-state index in [1.54, 1.807) is 0 Å². The maximum atomic E-state index is 13.2. The van der Waals surface area contributed by atoms with Gasteiger partial charge in [-0.3, -0.25) is 0 Å². The van der Waals surface area contributed by atoms with E-state index in [0.717, 1.165) is 0 Å². The summed E-state index contributed by atoms with van der Waals surface area (Å²) in [4.78, 5) is 0. The molecule has 0 aromatic carbocycles. The molecule has 6 nitrogen and oxygen atoms in total. The van der Waals surface area contributed by atoms with E-state index in [9.17, 15) is 21.6 Å². The standard InChI is InChI=1S/C11H19F3N4O2S/c12-11(13,14)10-5-9(10,6-16-8-10)7-17-21(19,20)18-3-1-15-2-4-18/h15-17H,1-8H2/t9-,10-/m0/s1. The van der Waals surface area contributed by atoms with E-state index in [1.165, 1.54) is 4.31 Å². The number of nitrogens with zero attached hydrogens (tertiary/aromatic N) is 1. The Kier molecular flexibility index (Phi) is 3.53. The number of piperidine rings is 1. The molecule has 2 heterocycles. The predicted octanol–water partition coefficient (Wildman–Crippen LogP) is -0.732. The zero-order valence-corrected chi connectivity index (χ0v) is 12.3. The molecular weight excluding hydrogens is 309 g/mol. The minimum atomic E-state index is -4.29. The third kappa shape index (κ3) is 2.37. The number of hydrogen-bond acceptors (Lipinski definition) is 4. The summed E-state index contributed by atoms with van der Waals surface area (Å²) in [6.07, 6.45) is -4.29. The summed E-state index contributed by atoms with van der Waals surface area (Å²) < 4.78 is 67.5. The SMILES string of the molecule is O=S(=O)(NC[C@]12CNC[C@@]1(C(F)(F)F)C2)N1CCNCC1. The van der Waals surface area contributed by atoms with Gasteiger partial charge in [0.15, 0.2) is 0 Å². The van der Waals surface area contributed by atoms with Crippen LogP contribution in [0.25, 0.3) is 0 Å². The number of fused-ring (bicyclic) bond motifs is 1. The molecule has 0 spiro atoms. The highest BCUT2D eigenvalue weighted by atomic mass is 32.2. The maximum Gasteiger partial charge on any atom is 0.396 e. The van der Waals surface area contributed by atoms with Crippen molar-refractivity contribution in [3.63, 3.8) is 0 Å². The Labute approximate surface area is 121 Å². The van der Waals surface area contributed by atoms with Crippen LogP contribution >= 0.6 is 0 Å². The Morgan fingerprint density at radius 2 is 1.81 bits per heavy atom. The minimum Gasteiger partial charge on any atom is -0.315 e. The molecule has 1 saturated carbocycles. The van der Waals surface area contributed by atoms with E-state index in [0.29, 0.717) is 26.2 Å². The van der Waals surface area contributed by atoms with Gasteiger partial charge in [0.05, 0.1) is 5.41 Å². The molecular formula is C11H19F3N4O2S. The summed E-state index contributed by atoms with van der Waals surface area (Å²) in [7, 11) is -3.71. The molecule has 3 fully saturated rings. The molecule has 3 aliphatic rings. The molecule has 0 aromatic heterocycles. The van der Waals surface area contributed by atoms with Crippen LogP contribution in [-0.2, 0) is 10.2 Å². The highest BCUT2D eigenvalue weighted by Crippen LogP contribution is 2.72. The van der Waals surface area contributed by atoms with Crippen molar-refractivity contribution in [1.82, 2.24) is 19.7 Å². The summed E-state index contributed by atoms with van der Waals surface area (Å²) in [5.74, 6) is 0. The van der Waals surface area contributed by atoms with Gasteiger partial charge in [0.1, 0.15) is 0 Å². The highest BCUT2D eigenvalue weighted by molar-refractivity contribution is 7.87. The topological polar surface area (TPSA) is 73.5 Å². The van der Waals surface area contributed by atoms with Gasteiger partial charge in [0.2, 0.25) is 0 Å². The van der Waals surface area contributed by atoms with Gasteiger partial charge in [0.25, 0.3) is 10.2 Å². The van der Waals surface area contributed by atoms with Gasteiger partial charge in [-0.15, -0.1) is 0 Å². The average Bonchev–Trinajstić information content (AvgIpc) is 2.95. The van der Waals surface area contributed by atoms with Gasteiger partial charge in [-0.2, -0.15) is 25.9 Å². The second-order valence-corrected chi connectivity index (χ2v) is 7.87. The predicted molar refractivity (Wildman–Crippen MR) is 69.8 cm³/mol. The summed E-state index contributed by atoms with van der Waals surface area (Å²) in [5.41, 5.74) is -2.78. The van der Waals surface area contributed by atoms with Crippen LogP contribution in [0.5, 0.6) is 0 Å². The normalized spacial score (nSPS) is 37.5. The Morgan fingerprint density at radius 1 is 1.14 bits per heavy atom. The molecule has 3 rings (SSSR count). The van der Waals surface area contributed by atoms with Crippen LogP contribution in [0.2, 0.25) is 0 Å². The third-order valence-electron chi connectivity index (χ3n) is 4.97. The number of alkyl halides is 3. The van der Waals surface area contributed by atoms with Crippen LogP contribution in [0, 0.1) is 10.8 Å². The fraction of sp³-hybridized carbons (Fsp3) is 1.00. The molecule has 0 amide bonds. The van der Waals surface area contributed by atoms with E-state index in [2.05, 4.69) is 15.4 Å². The molecule has 3 N–H and O–H groups in total. The third-order valence-corrected chi connectivity index (χ3v) is 6.53. The Hall–Kier alpha value is -0.420. The summed E-state index contributed by atoms with van der Waals surface area (Å²) >= 11 is 0. The van der Waals surface area contributed by atoms with Crippen molar-refractivity contribution in [2.75, 3.05) is 45.8 Å². The molecule has 0 aromatic rings. The van der Waals surface area contributed by atoms with Crippen LogP contribution in [0.4, 0.5) is 13.2 Å². The molecule has 0 bridgehead atoms. The Balaban J connectivity index is 1.66. The first-order chi connectivity index (χ1) is 9.73. The Morgan fingerprint density at radius 3 is 2.38 bits per heavy atom. The molecule has 1 aliphatic carbocycles. The van der Waals surface area contributed by atoms with Crippen molar-refractivity contribution in [3.05, 3.63) is 0 Å². The molecule has 0 unspecified atom stereocenters. The molecule has 21 heavy (non-hydrogen) atoms.